The van der Waals surface area contributed by atoms with Crippen LogP contribution in [0.4, 0.5) is 0 Å². The number of ether oxygens (including phenoxy) is 2. The van der Waals surface area contributed by atoms with Gasteiger partial charge >= 0.3 is 0 Å². The van der Waals surface area contributed by atoms with Gasteiger partial charge in [-0.05, 0) is 36.2 Å². The van der Waals surface area contributed by atoms with Gasteiger partial charge in [0.2, 0.25) is 0 Å². The number of amides is 1. The quantitative estimate of drug-likeness (QED) is 0.654. The zero-order valence-corrected chi connectivity index (χ0v) is 15.6. The molecule has 0 bridgehead atoms. The Morgan fingerprint density at radius 2 is 1.76 bits per heavy atom. The molecule has 25 heavy (non-hydrogen) atoms. The third-order valence-corrected chi connectivity index (χ3v) is 4.69. The molecule has 1 amide bonds. The number of nitrogens with one attached hydrogen (secondary N) is 1. The average Bonchev–Trinajstić information content (AvgIpc) is 2.67. The highest BCUT2D eigenvalue weighted by Gasteiger charge is 2.17. The van der Waals surface area contributed by atoms with Crippen LogP contribution in [-0.2, 0) is 10.5 Å². The van der Waals surface area contributed by atoms with Gasteiger partial charge in [0.1, 0.15) is 11.5 Å². The molecule has 134 valence electrons. The number of methoxy groups -OCH3 is 1. The van der Waals surface area contributed by atoms with Gasteiger partial charge in [-0.2, -0.15) is 11.8 Å². The first kappa shape index (κ1) is 19.2. The van der Waals surface area contributed by atoms with Gasteiger partial charge in [-0.25, -0.2) is 0 Å². The van der Waals surface area contributed by atoms with Gasteiger partial charge in [0, 0.05) is 18.1 Å². The van der Waals surface area contributed by atoms with E-state index in [4.69, 9.17) is 9.47 Å². The van der Waals surface area contributed by atoms with Crippen molar-refractivity contribution in [1.29, 1.82) is 0 Å². The van der Waals surface area contributed by atoms with Crippen LogP contribution in [0.15, 0.2) is 54.6 Å². The maximum absolute atomic E-state index is 12.3. The fraction of sp³-hybridized carbons (Fsp3) is 0.350. The van der Waals surface area contributed by atoms with Crippen molar-refractivity contribution in [3.8, 4) is 11.5 Å². The molecular formula is C20H25NO3S. The second kappa shape index (κ2) is 10.7. The molecule has 0 saturated carbocycles. The summed E-state index contributed by atoms with van der Waals surface area (Å²) in [4.78, 5) is 12.3. The molecular weight excluding hydrogens is 334 g/mol. The summed E-state index contributed by atoms with van der Waals surface area (Å²) in [5.74, 6) is 3.19. The van der Waals surface area contributed by atoms with Gasteiger partial charge in [-0.3, -0.25) is 4.79 Å². The van der Waals surface area contributed by atoms with Crippen molar-refractivity contribution in [3.63, 3.8) is 0 Å². The lowest BCUT2D eigenvalue weighted by molar-refractivity contribution is -0.127. The molecule has 0 unspecified atom stereocenters. The van der Waals surface area contributed by atoms with Crippen molar-refractivity contribution in [2.45, 2.75) is 25.2 Å². The molecule has 0 heterocycles. The number of thioether (sulfide) groups is 1. The third kappa shape index (κ3) is 6.70. The number of hydrogen-bond donors (Lipinski definition) is 1. The van der Waals surface area contributed by atoms with Crippen molar-refractivity contribution in [2.75, 3.05) is 19.4 Å². The predicted octanol–water partition coefficient (Wildman–Crippen LogP) is 3.90. The first-order chi connectivity index (χ1) is 12.2. The number of carbonyl (C=O) groups is 1. The zero-order chi connectivity index (χ0) is 17.9. The molecule has 2 aromatic rings. The lowest BCUT2D eigenvalue weighted by atomic mass is 10.2. The summed E-state index contributed by atoms with van der Waals surface area (Å²) < 4.78 is 10.9. The van der Waals surface area contributed by atoms with Gasteiger partial charge < -0.3 is 14.8 Å². The molecule has 0 radical (unpaired) electrons. The molecule has 2 aromatic carbocycles. The predicted molar refractivity (Wildman–Crippen MR) is 103 cm³/mol. The molecule has 0 saturated heterocycles. The standard InChI is InChI=1S/C20H25NO3S/c1-3-19(24-18-11-9-17(23-2)10-12-18)20(22)21-13-14-25-15-16-7-5-4-6-8-16/h4-12,19H,3,13-15H2,1-2H3,(H,21,22)/t19-/m1/s1. The molecule has 1 atom stereocenters. The fourth-order valence-electron chi connectivity index (χ4n) is 2.27. The summed E-state index contributed by atoms with van der Waals surface area (Å²) in [5, 5.41) is 2.95. The highest BCUT2D eigenvalue weighted by Crippen LogP contribution is 2.19. The van der Waals surface area contributed by atoms with E-state index in [0.717, 1.165) is 17.3 Å². The molecule has 5 heteroatoms. The van der Waals surface area contributed by atoms with Gasteiger partial charge in [0.15, 0.2) is 6.10 Å². The maximum Gasteiger partial charge on any atom is 0.261 e. The minimum absolute atomic E-state index is 0.0707. The van der Waals surface area contributed by atoms with Crippen molar-refractivity contribution < 1.29 is 14.3 Å². The Morgan fingerprint density at radius 3 is 2.40 bits per heavy atom. The first-order valence-electron chi connectivity index (χ1n) is 8.43. The van der Waals surface area contributed by atoms with E-state index in [0.29, 0.717) is 18.7 Å². The second-order valence-corrected chi connectivity index (χ2v) is 6.62. The fourth-order valence-corrected chi connectivity index (χ4v) is 3.08. The molecule has 0 aliphatic rings. The Morgan fingerprint density at radius 1 is 1.08 bits per heavy atom. The van der Waals surface area contributed by atoms with Crippen LogP contribution in [0.5, 0.6) is 11.5 Å². The summed E-state index contributed by atoms with van der Waals surface area (Å²) in [6.07, 6.45) is 0.141. The van der Waals surface area contributed by atoms with Gasteiger partial charge in [0.05, 0.1) is 7.11 Å². The number of benzene rings is 2. The topological polar surface area (TPSA) is 47.6 Å². The van der Waals surface area contributed by atoms with E-state index in [1.807, 2.05) is 49.4 Å². The minimum atomic E-state index is -0.479. The molecule has 0 fully saturated rings. The first-order valence-corrected chi connectivity index (χ1v) is 9.58. The summed E-state index contributed by atoms with van der Waals surface area (Å²) >= 11 is 1.81. The maximum atomic E-state index is 12.3. The molecule has 0 aliphatic carbocycles. The van der Waals surface area contributed by atoms with Crippen molar-refractivity contribution in [3.05, 3.63) is 60.2 Å². The Hall–Kier alpha value is -2.14. The van der Waals surface area contributed by atoms with E-state index in [2.05, 4.69) is 17.4 Å². The van der Waals surface area contributed by atoms with E-state index in [-0.39, 0.29) is 5.91 Å². The third-order valence-electron chi connectivity index (χ3n) is 3.66. The van der Waals surface area contributed by atoms with Crippen LogP contribution in [0.1, 0.15) is 18.9 Å². The summed E-state index contributed by atoms with van der Waals surface area (Å²) in [7, 11) is 1.62. The van der Waals surface area contributed by atoms with Crippen LogP contribution in [0.25, 0.3) is 0 Å². The van der Waals surface area contributed by atoms with Crippen molar-refractivity contribution >= 4 is 17.7 Å². The molecule has 2 rings (SSSR count). The number of carbonyl (C=O) groups excluding carboxylic acids is 1. The Labute approximate surface area is 153 Å². The van der Waals surface area contributed by atoms with Gasteiger partial charge in [-0.1, -0.05) is 37.3 Å². The largest absolute Gasteiger partial charge is 0.497 e. The Bertz CT molecular complexity index is 631. The van der Waals surface area contributed by atoms with Gasteiger partial charge in [0.25, 0.3) is 5.91 Å². The Balaban J connectivity index is 1.70. The number of rotatable bonds is 10. The normalized spacial score (nSPS) is 11.6. The molecule has 0 spiro atoms. The van der Waals surface area contributed by atoms with Crippen LogP contribution in [0, 0.1) is 0 Å². The van der Waals surface area contributed by atoms with E-state index >= 15 is 0 Å². The lowest BCUT2D eigenvalue weighted by Gasteiger charge is -2.17. The summed E-state index contributed by atoms with van der Waals surface area (Å²) in [6.45, 7) is 2.58. The highest BCUT2D eigenvalue weighted by molar-refractivity contribution is 7.98. The van der Waals surface area contributed by atoms with E-state index in [9.17, 15) is 4.79 Å². The highest BCUT2D eigenvalue weighted by atomic mass is 32.2. The van der Waals surface area contributed by atoms with E-state index in [1.54, 1.807) is 18.9 Å². The smallest absolute Gasteiger partial charge is 0.261 e. The van der Waals surface area contributed by atoms with Crippen LogP contribution >= 0.6 is 11.8 Å². The van der Waals surface area contributed by atoms with E-state index in [1.165, 1.54) is 5.56 Å². The molecule has 0 aliphatic heterocycles. The molecule has 1 N–H and O–H groups in total. The summed E-state index contributed by atoms with van der Waals surface area (Å²) in [6, 6.07) is 17.6. The van der Waals surface area contributed by atoms with Crippen LogP contribution < -0.4 is 14.8 Å². The van der Waals surface area contributed by atoms with Gasteiger partial charge in [-0.15, -0.1) is 0 Å². The lowest BCUT2D eigenvalue weighted by Crippen LogP contribution is -2.39. The molecule has 4 nitrogen and oxygen atoms in total. The van der Waals surface area contributed by atoms with Crippen LogP contribution in [0.2, 0.25) is 0 Å². The second-order valence-electron chi connectivity index (χ2n) is 5.52. The van der Waals surface area contributed by atoms with Crippen molar-refractivity contribution in [1.82, 2.24) is 5.32 Å². The van der Waals surface area contributed by atoms with E-state index < -0.39 is 6.10 Å². The van der Waals surface area contributed by atoms with Crippen LogP contribution in [-0.4, -0.2) is 31.4 Å². The Kier molecular flexibility index (Phi) is 8.19. The molecule has 0 aromatic heterocycles. The summed E-state index contributed by atoms with van der Waals surface area (Å²) in [5.41, 5.74) is 1.30. The van der Waals surface area contributed by atoms with Crippen LogP contribution in [0.3, 0.4) is 0 Å². The monoisotopic (exact) mass is 359 g/mol. The average molecular weight is 359 g/mol. The number of hydrogen-bond acceptors (Lipinski definition) is 4. The minimum Gasteiger partial charge on any atom is -0.497 e. The van der Waals surface area contributed by atoms with Crippen molar-refractivity contribution in [2.24, 2.45) is 0 Å². The zero-order valence-electron chi connectivity index (χ0n) is 14.7. The SMILES string of the molecule is CC[C@@H](Oc1ccc(OC)cc1)C(=O)NCCSCc1ccccc1.